The van der Waals surface area contributed by atoms with Crippen molar-refractivity contribution in [3.05, 3.63) is 11.4 Å². The zero-order chi connectivity index (χ0) is 15.0. The number of nitrogens with zero attached hydrogens (tertiary/aromatic N) is 3. The van der Waals surface area contributed by atoms with Crippen LogP contribution in [0.4, 0.5) is 5.82 Å². The maximum absolute atomic E-state index is 5.87. The fourth-order valence-electron chi connectivity index (χ4n) is 2.07. The van der Waals surface area contributed by atoms with Gasteiger partial charge in [0.05, 0.1) is 5.56 Å². The molecule has 0 aliphatic rings. The molecule has 0 aliphatic carbocycles. The van der Waals surface area contributed by atoms with Crippen LogP contribution in [-0.4, -0.2) is 48.2 Å². The highest BCUT2D eigenvalue weighted by Crippen LogP contribution is 2.22. The number of hydrogen-bond donors (Lipinski definition) is 1. The van der Waals surface area contributed by atoms with Gasteiger partial charge in [-0.05, 0) is 26.4 Å². The predicted octanol–water partition coefficient (Wildman–Crippen LogP) is 2.50. The average molecular weight is 280 g/mol. The van der Waals surface area contributed by atoms with Crippen molar-refractivity contribution in [3.63, 3.8) is 0 Å². The van der Waals surface area contributed by atoms with Gasteiger partial charge >= 0.3 is 0 Å². The fourth-order valence-corrected chi connectivity index (χ4v) is 2.07. The van der Waals surface area contributed by atoms with Gasteiger partial charge in [0, 0.05) is 20.0 Å². The van der Waals surface area contributed by atoms with E-state index in [0.29, 0.717) is 12.5 Å². The fraction of sp³-hybridized carbons (Fsp3) is 0.733. The lowest BCUT2D eigenvalue weighted by Crippen LogP contribution is -2.28. The van der Waals surface area contributed by atoms with Crippen molar-refractivity contribution >= 4 is 5.82 Å². The first kappa shape index (κ1) is 16.7. The Balaban J connectivity index is 2.74. The van der Waals surface area contributed by atoms with Crippen LogP contribution < -0.4 is 10.1 Å². The van der Waals surface area contributed by atoms with Gasteiger partial charge in [0.15, 0.2) is 0 Å². The van der Waals surface area contributed by atoms with Crippen molar-refractivity contribution in [1.29, 1.82) is 0 Å². The van der Waals surface area contributed by atoms with E-state index in [2.05, 4.69) is 41.0 Å². The summed E-state index contributed by atoms with van der Waals surface area (Å²) >= 11 is 0. The first-order chi connectivity index (χ1) is 9.65. The summed E-state index contributed by atoms with van der Waals surface area (Å²) in [5.74, 6) is 2.42. The van der Waals surface area contributed by atoms with Gasteiger partial charge in [-0.25, -0.2) is 4.98 Å². The van der Waals surface area contributed by atoms with Crippen molar-refractivity contribution in [2.75, 3.05) is 38.6 Å². The van der Waals surface area contributed by atoms with E-state index in [-0.39, 0.29) is 0 Å². The highest BCUT2D eigenvalue weighted by Gasteiger charge is 2.11. The van der Waals surface area contributed by atoms with Crippen LogP contribution in [0, 0.1) is 6.92 Å². The monoisotopic (exact) mass is 280 g/mol. The average Bonchev–Trinajstić information content (AvgIpc) is 2.46. The molecule has 0 atom stereocenters. The molecular weight excluding hydrogens is 252 g/mol. The molecule has 0 saturated heterocycles. The van der Waals surface area contributed by atoms with Gasteiger partial charge in [0.25, 0.3) is 0 Å². The SMILES string of the molecule is CCCc1nc(NC)c(C)c(OCCN(CC)CC)n1. The molecule has 5 heteroatoms. The zero-order valence-electron chi connectivity index (χ0n) is 13.5. The Morgan fingerprint density at radius 3 is 2.40 bits per heavy atom. The van der Waals surface area contributed by atoms with Crippen molar-refractivity contribution in [3.8, 4) is 5.88 Å². The minimum Gasteiger partial charge on any atom is -0.476 e. The van der Waals surface area contributed by atoms with Crippen molar-refractivity contribution in [1.82, 2.24) is 14.9 Å². The molecule has 0 amide bonds. The predicted molar refractivity (Wildman–Crippen MR) is 83.6 cm³/mol. The van der Waals surface area contributed by atoms with Crippen LogP contribution in [-0.2, 0) is 6.42 Å². The van der Waals surface area contributed by atoms with E-state index < -0.39 is 0 Å². The molecule has 0 unspecified atom stereocenters. The number of likely N-dealkylation sites (N-methyl/N-ethyl adjacent to an activating group) is 1. The van der Waals surface area contributed by atoms with E-state index >= 15 is 0 Å². The Kier molecular flexibility index (Phi) is 7.30. The summed E-state index contributed by atoms with van der Waals surface area (Å²) in [6.07, 6.45) is 1.91. The Labute approximate surface area is 122 Å². The molecule has 0 fully saturated rings. The minimum atomic E-state index is 0.661. The highest BCUT2D eigenvalue weighted by molar-refractivity contribution is 5.48. The van der Waals surface area contributed by atoms with E-state index in [0.717, 1.165) is 49.7 Å². The second-order valence-electron chi connectivity index (χ2n) is 4.79. The Morgan fingerprint density at radius 2 is 1.85 bits per heavy atom. The summed E-state index contributed by atoms with van der Waals surface area (Å²) in [6.45, 7) is 12.1. The number of ether oxygens (including phenoxy) is 1. The molecule has 5 nitrogen and oxygen atoms in total. The van der Waals surface area contributed by atoms with Crippen LogP contribution in [0.3, 0.4) is 0 Å². The number of rotatable bonds is 9. The van der Waals surface area contributed by atoms with Crippen LogP contribution in [0.25, 0.3) is 0 Å². The third-order valence-electron chi connectivity index (χ3n) is 3.40. The largest absolute Gasteiger partial charge is 0.476 e. The van der Waals surface area contributed by atoms with Crippen LogP contribution in [0.15, 0.2) is 0 Å². The molecule has 20 heavy (non-hydrogen) atoms. The van der Waals surface area contributed by atoms with Crippen LogP contribution in [0.1, 0.15) is 38.6 Å². The first-order valence-electron chi connectivity index (χ1n) is 7.56. The van der Waals surface area contributed by atoms with Crippen molar-refractivity contribution in [2.45, 2.75) is 40.5 Å². The lowest BCUT2D eigenvalue weighted by atomic mass is 10.3. The van der Waals surface area contributed by atoms with Gasteiger partial charge in [-0.15, -0.1) is 0 Å². The molecule has 1 rings (SSSR count). The van der Waals surface area contributed by atoms with Gasteiger partial charge in [-0.1, -0.05) is 20.8 Å². The van der Waals surface area contributed by atoms with Gasteiger partial charge in [0.1, 0.15) is 18.2 Å². The lowest BCUT2D eigenvalue weighted by molar-refractivity contribution is 0.216. The van der Waals surface area contributed by atoms with Crippen molar-refractivity contribution < 1.29 is 4.74 Å². The van der Waals surface area contributed by atoms with E-state index in [1.54, 1.807) is 0 Å². The van der Waals surface area contributed by atoms with Crippen LogP contribution in [0.5, 0.6) is 5.88 Å². The molecule has 0 aliphatic heterocycles. The molecule has 1 heterocycles. The number of aromatic nitrogens is 2. The smallest absolute Gasteiger partial charge is 0.221 e. The Morgan fingerprint density at radius 1 is 1.15 bits per heavy atom. The van der Waals surface area contributed by atoms with Gasteiger partial charge in [-0.3, -0.25) is 0 Å². The summed E-state index contributed by atoms with van der Waals surface area (Å²) in [5, 5.41) is 3.11. The topological polar surface area (TPSA) is 50.3 Å². The molecule has 114 valence electrons. The van der Waals surface area contributed by atoms with Gasteiger partial charge in [0.2, 0.25) is 5.88 Å². The molecule has 0 bridgehead atoms. The van der Waals surface area contributed by atoms with Gasteiger partial charge in [-0.2, -0.15) is 4.98 Å². The maximum atomic E-state index is 5.87. The number of anilines is 1. The minimum absolute atomic E-state index is 0.661. The number of aryl methyl sites for hydroxylation is 1. The molecule has 0 radical (unpaired) electrons. The second-order valence-corrected chi connectivity index (χ2v) is 4.79. The summed E-state index contributed by atoms with van der Waals surface area (Å²) in [4.78, 5) is 11.4. The summed E-state index contributed by atoms with van der Waals surface area (Å²) in [5.41, 5.74) is 0.979. The maximum Gasteiger partial charge on any atom is 0.221 e. The van der Waals surface area contributed by atoms with Crippen molar-refractivity contribution in [2.24, 2.45) is 0 Å². The Hall–Kier alpha value is -1.36. The van der Waals surface area contributed by atoms with E-state index in [1.807, 2.05) is 14.0 Å². The van der Waals surface area contributed by atoms with E-state index in [1.165, 1.54) is 0 Å². The van der Waals surface area contributed by atoms with Gasteiger partial charge < -0.3 is 15.0 Å². The zero-order valence-corrected chi connectivity index (χ0v) is 13.5. The summed E-state index contributed by atoms with van der Waals surface area (Å²) < 4.78 is 5.87. The number of nitrogens with one attached hydrogen (secondary N) is 1. The molecule has 1 aromatic rings. The van der Waals surface area contributed by atoms with E-state index in [4.69, 9.17) is 4.74 Å². The highest BCUT2D eigenvalue weighted by atomic mass is 16.5. The number of hydrogen-bond acceptors (Lipinski definition) is 5. The van der Waals surface area contributed by atoms with Crippen LogP contribution >= 0.6 is 0 Å². The summed E-state index contributed by atoms with van der Waals surface area (Å²) in [7, 11) is 1.88. The molecule has 1 N–H and O–H groups in total. The molecular formula is C15H28N4O. The first-order valence-corrected chi connectivity index (χ1v) is 7.56. The molecule has 0 aromatic carbocycles. The standard InChI is InChI=1S/C15H28N4O/c1-6-9-13-17-14(16-5)12(4)15(18-13)20-11-10-19(7-2)8-3/h6-11H2,1-5H3,(H,16,17,18). The molecule has 0 saturated carbocycles. The second kappa shape index (κ2) is 8.74. The third kappa shape index (κ3) is 4.63. The normalized spacial score (nSPS) is 10.9. The Bertz CT molecular complexity index is 405. The quantitative estimate of drug-likeness (QED) is 0.753. The van der Waals surface area contributed by atoms with E-state index in [9.17, 15) is 0 Å². The lowest BCUT2D eigenvalue weighted by Gasteiger charge is -2.19. The molecule has 1 aromatic heterocycles. The third-order valence-corrected chi connectivity index (χ3v) is 3.40. The molecule has 0 spiro atoms. The summed E-state index contributed by atoms with van der Waals surface area (Å²) in [6, 6.07) is 0. The van der Waals surface area contributed by atoms with Crippen LogP contribution in [0.2, 0.25) is 0 Å².